The molecule has 4 N–H and O–H groups in total. The Kier molecular flexibility index (Phi) is 4.52. The molecule has 0 saturated carbocycles. The van der Waals surface area contributed by atoms with Gasteiger partial charge in [0.25, 0.3) is 0 Å². The molecule has 1 aromatic heterocycles. The summed E-state index contributed by atoms with van der Waals surface area (Å²) in [5, 5.41) is 0. The van der Waals surface area contributed by atoms with Crippen molar-refractivity contribution in [1.29, 1.82) is 0 Å². The molecule has 0 amide bonds. The summed E-state index contributed by atoms with van der Waals surface area (Å²) < 4.78 is 13.0. The van der Waals surface area contributed by atoms with E-state index in [1.807, 2.05) is 6.08 Å². The molecule has 6 nitrogen and oxygen atoms in total. The first-order chi connectivity index (χ1) is 9.97. The normalized spacial score (nSPS) is 14.9. The standard InChI is InChI=1S/C14H19FN6/c1-21(2)14(17)20-13(16)18-8-7-9-3-5-11-10(9)4-6-12(15)19-11/h3-4,6H,5,7-8H2,1-2H3,(H4,16,17,18,20). The maximum atomic E-state index is 13.0. The number of hydrogen-bond acceptors (Lipinski definition) is 2. The molecule has 2 rings (SSSR count). The van der Waals surface area contributed by atoms with Crippen LogP contribution in [0.2, 0.25) is 0 Å². The van der Waals surface area contributed by atoms with Crippen molar-refractivity contribution in [3.63, 3.8) is 0 Å². The summed E-state index contributed by atoms with van der Waals surface area (Å²) in [7, 11) is 3.55. The minimum atomic E-state index is -0.445. The zero-order valence-electron chi connectivity index (χ0n) is 12.2. The first-order valence-electron chi connectivity index (χ1n) is 6.63. The van der Waals surface area contributed by atoms with Crippen LogP contribution in [0.4, 0.5) is 4.39 Å². The summed E-state index contributed by atoms with van der Waals surface area (Å²) in [6, 6.07) is 3.13. The molecule has 0 fully saturated rings. The van der Waals surface area contributed by atoms with Crippen molar-refractivity contribution in [2.24, 2.45) is 21.5 Å². The quantitative estimate of drug-likeness (QED) is 0.488. The first-order valence-corrected chi connectivity index (χ1v) is 6.63. The van der Waals surface area contributed by atoms with E-state index >= 15 is 0 Å². The van der Waals surface area contributed by atoms with Gasteiger partial charge in [-0.25, -0.2) is 4.98 Å². The molecular formula is C14H19FN6. The number of hydrogen-bond donors (Lipinski definition) is 2. The number of allylic oxidation sites excluding steroid dienone is 1. The van der Waals surface area contributed by atoms with Crippen molar-refractivity contribution >= 4 is 17.5 Å². The van der Waals surface area contributed by atoms with Crippen LogP contribution in [-0.2, 0) is 6.42 Å². The fourth-order valence-corrected chi connectivity index (χ4v) is 2.03. The zero-order chi connectivity index (χ0) is 15.4. The number of aromatic nitrogens is 1. The van der Waals surface area contributed by atoms with Crippen LogP contribution in [0.25, 0.3) is 5.57 Å². The lowest BCUT2D eigenvalue weighted by atomic mass is 10.1. The highest BCUT2D eigenvalue weighted by Gasteiger charge is 2.15. The number of aliphatic imine (C=N–C) groups is 2. The summed E-state index contributed by atoms with van der Waals surface area (Å²) in [5.74, 6) is 0.0118. The lowest BCUT2D eigenvalue weighted by Gasteiger charge is -2.09. The second kappa shape index (κ2) is 6.34. The number of guanidine groups is 2. The molecule has 21 heavy (non-hydrogen) atoms. The minimum Gasteiger partial charge on any atom is -0.369 e. The van der Waals surface area contributed by atoms with Crippen LogP contribution in [0, 0.1) is 5.95 Å². The molecule has 0 saturated heterocycles. The van der Waals surface area contributed by atoms with E-state index in [4.69, 9.17) is 11.5 Å². The highest BCUT2D eigenvalue weighted by atomic mass is 19.1. The molecule has 112 valence electrons. The number of nitrogens with two attached hydrogens (primary N) is 2. The zero-order valence-corrected chi connectivity index (χ0v) is 12.2. The molecule has 0 spiro atoms. The molecule has 0 unspecified atom stereocenters. The molecule has 7 heteroatoms. The molecule has 1 aliphatic rings. The molecule has 1 aliphatic carbocycles. The Morgan fingerprint density at radius 2 is 2.14 bits per heavy atom. The van der Waals surface area contributed by atoms with Crippen molar-refractivity contribution in [2.45, 2.75) is 12.8 Å². The average molecular weight is 290 g/mol. The van der Waals surface area contributed by atoms with Crippen LogP contribution in [0.3, 0.4) is 0 Å². The van der Waals surface area contributed by atoms with E-state index in [1.54, 1.807) is 25.1 Å². The molecule has 0 bridgehead atoms. The largest absolute Gasteiger partial charge is 0.369 e. The highest BCUT2D eigenvalue weighted by Crippen LogP contribution is 2.28. The third-order valence-corrected chi connectivity index (χ3v) is 3.17. The topological polar surface area (TPSA) is 92.9 Å². The van der Waals surface area contributed by atoms with Gasteiger partial charge in [-0.3, -0.25) is 4.99 Å². The van der Waals surface area contributed by atoms with E-state index < -0.39 is 5.95 Å². The number of rotatable bonds is 3. The van der Waals surface area contributed by atoms with E-state index in [2.05, 4.69) is 15.0 Å². The third-order valence-electron chi connectivity index (χ3n) is 3.17. The van der Waals surface area contributed by atoms with Crippen molar-refractivity contribution < 1.29 is 4.39 Å². The summed E-state index contributed by atoms with van der Waals surface area (Å²) in [5.41, 5.74) is 14.2. The van der Waals surface area contributed by atoms with E-state index in [0.29, 0.717) is 25.3 Å². The number of fused-ring (bicyclic) bond motifs is 1. The number of halogens is 1. The van der Waals surface area contributed by atoms with Gasteiger partial charge in [-0.15, -0.1) is 0 Å². The molecule has 1 aromatic rings. The van der Waals surface area contributed by atoms with Crippen LogP contribution in [-0.4, -0.2) is 42.4 Å². The predicted molar refractivity (Wildman–Crippen MR) is 82.3 cm³/mol. The van der Waals surface area contributed by atoms with Crippen molar-refractivity contribution in [1.82, 2.24) is 9.88 Å². The fraction of sp³-hybridized carbons (Fsp3) is 0.357. The van der Waals surface area contributed by atoms with Gasteiger partial charge in [0.05, 0.1) is 5.69 Å². The van der Waals surface area contributed by atoms with E-state index in [9.17, 15) is 4.39 Å². The Bertz CT molecular complexity index is 618. The SMILES string of the molecule is CN(C)C(N)=NC(N)=NCCC1=CCc2nc(F)ccc21. The van der Waals surface area contributed by atoms with Gasteiger partial charge in [0.1, 0.15) is 0 Å². The van der Waals surface area contributed by atoms with Crippen LogP contribution >= 0.6 is 0 Å². The van der Waals surface area contributed by atoms with Gasteiger partial charge >= 0.3 is 0 Å². The smallest absolute Gasteiger partial charge is 0.218 e. The van der Waals surface area contributed by atoms with E-state index in [-0.39, 0.29) is 5.96 Å². The van der Waals surface area contributed by atoms with Crippen molar-refractivity contribution in [2.75, 3.05) is 20.6 Å². The Balaban J connectivity index is 1.96. The summed E-state index contributed by atoms with van der Waals surface area (Å²) >= 11 is 0. The molecule has 0 radical (unpaired) electrons. The average Bonchev–Trinajstić information content (AvgIpc) is 2.81. The van der Waals surface area contributed by atoms with Gasteiger partial charge in [0.15, 0.2) is 5.96 Å². The van der Waals surface area contributed by atoms with Crippen LogP contribution in [0.15, 0.2) is 28.2 Å². The van der Waals surface area contributed by atoms with Crippen molar-refractivity contribution in [3.8, 4) is 0 Å². The lowest BCUT2D eigenvalue weighted by Crippen LogP contribution is -2.32. The van der Waals surface area contributed by atoms with Crippen LogP contribution < -0.4 is 11.5 Å². The number of pyridine rings is 1. The fourth-order valence-electron chi connectivity index (χ4n) is 2.03. The second-order valence-electron chi connectivity index (χ2n) is 4.92. The minimum absolute atomic E-state index is 0.150. The number of nitrogens with zero attached hydrogens (tertiary/aromatic N) is 4. The molecule has 0 atom stereocenters. The van der Waals surface area contributed by atoms with Gasteiger partial charge < -0.3 is 16.4 Å². The van der Waals surface area contributed by atoms with Gasteiger partial charge in [-0.05, 0) is 29.7 Å². The van der Waals surface area contributed by atoms with Crippen LogP contribution in [0.5, 0.6) is 0 Å². The Hall–Kier alpha value is -2.44. The van der Waals surface area contributed by atoms with Gasteiger partial charge in [0, 0.05) is 27.1 Å². The second-order valence-corrected chi connectivity index (χ2v) is 4.92. The van der Waals surface area contributed by atoms with Gasteiger partial charge in [-0.2, -0.15) is 9.38 Å². The third kappa shape index (κ3) is 3.77. The van der Waals surface area contributed by atoms with Gasteiger partial charge in [-0.1, -0.05) is 6.08 Å². The highest BCUT2D eigenvalue weighted by molar-refractivity contribution is 5.93. The van der Waals surface area contributed by atoms with E-state index in [0.717, 1.165) is 16.8 Å². The summed E-state index contributed by atoms with van der Waals surface area (Å²) in [6.45, 7) is 0.499. The van der Waals surface area contributed by atoms with Crippen molar-refractivity contribution in [3.05, 3.63) is 35.4 Å². The Morgan fingerprint density at radius 3 is 2.86 bits per heavy atom. The lowest BCUT2D eigenvalue weighted by molar-refractivity contribution is 0.578. The Morgan fingerprint density at radius 1 is 1.38 bits per heavy atom. The predicted octanol–water partition coefficient (Wildman–Crippen LogP) is 0.741. The Labute approximate surface area is 123 Å². The summed E-state index contributed by atoms with van der Waals surface area (Å²) in [6.07, 6.45) is 3.41. The summed E-state index contributed by atoms with van der Waals surface area (Å²) in [4.78, 5) is 13.7. The molecule has 0 aromatic carbocycles. The maximum absolute atomic E-state index is 13.0. The maximum Gasteiger partial charge on any atom is 0.218 e. The monoisotopic (exact) mass is 290 g/mol. The molecule has 0 aliphatic heterocycles. The molecule has 1 heterocycles. The van der Waals surface area contributed by atoms with Gasteiger partial charge in [0.2, 0.25) is 11.9 Å². The van der Waals surface area contributed by atoms with Crippen LogP contribution in [0.1, 0.15) is 17.7 Å². The first kappa shape index (κ1) is 15.0. The molecular weight excluding hydrogens is 271 g/mol. The van der Waals surface area contributed by atoms with E-state index in [1.165, 1.54) is 6.07 Å².